The number of thiazole rings is 1. The van der Waals surface area contributed by atoms with Gasteiger partial charge in [-0.25, -0.2) is 9.97 Å². The van der Waals surface area contributed by atoms with Crippen LogP contribution in [0.25, 0.3) is 10.6 Å². The molecule has 2 heterocycles. The fraction of sp³-hybridized carbons (Fsp3) is 0.333. The molecule has 0 saturated heterocycles. The second-order valence-electron chi connectivity index (χ2n) is 2.89. The lowest BCUT2D eigenvalue weighted by molar-refractivity contribution is 0.535. The third-order valence-corrected chi connectivity index (χ3v) is 2.84. The van der Waals surface area contributed by atoms with Gasteiger partial charge in [0.05, 0.1) is 21.8 Å². The van der Waals surface area contributed by atoms with Crippen LogP contribution >= 0.6 is 11.3 Å². The Balaban J connectivity index is 2.51. The lowest BCUT2D eigenvalue weighted by Crippen LogP contribution is -1.74. The molecule has 0 bridgehead atoms. The van der Waals surface area contributed by atoms with Gasteiger partial charge >= 0.3 is 0 Å². The summed E-state index contributed by atoms with van der Waals surface area (Å²) in [5.74, 6) is 1.51. The minimum atomic E-state index is 0.695. The summed E-state index contributed by atoms with van der Waals surface area (Å²) in [5, 5.41) is 1.06. The predicted octanol–water partition coefficient (Wildman–Crippen LogP) is 2.72. The average Bonchev–Trinajstić information content (AvgIpc) is 2.58. The van der Waals surface area contributed by atoms with Crippen LogP contribution in [0.4, 0.5) is 0 Å². The number of hydrogen-bond acceptors (Lipinski definition) is 4. The largest absolute Gasteiger partial charge is 0.440 e. The molecule has 2 rings (SSSR count). The summed E-state index contributed by atoms with van der Waals surface area (Å²) in [4.78, 5) is 9.46. The van der Waals surface area contributed by atoms with Crippen LogP contribution in [0.1, 0.15) is 16.6 Å². The van der Waals surface area contributed by atoms with E-state index < -0.39 is 0 Å². The molecule has 2 aromatic rings. The Kier molecular flexibility index (Phi) is 1.92. The molecule has 0 atom stereocenters. The Morgan fingerprint density at radius 2 is 2.08 bits per heavy atom. The van der Waals surface area contributed by atoms with E-state index in [1.54, 1.807) is 17.5 Å². The molecule has 0 spiro atoms. The molecule has 0 aliphatic carbocycles. The van der Waals surface area contributed by atoms with E-state index in [1.165, 1.54) is 0 Å². The third kappa shape index (κ3) is 1.49. The number of rotatable bonds is 1. The standard InChI is InChI=1S/C9H10N2OS/c1-5-9(13-7(3)11-5)8-4-10-6(2)12-8/h4H,1-3H3. The van der Waals surface area contributed by atoms with Gasteiger partial charge in [-0.2, -0.15) is 0 Å². The van der Waals surface area contributed by atoms with Crippen LogP contribution in [-0.2, 0) is 0 Å². The number of oxazole rings is 1. The maximum atomic E-state index is 5.42. The molecule has 4 heteroatoms. The zero-order chi connectivity index (χ0) is 9.42. The van der Waals surface area contributed by atoms with E-state index in [-0.39, 0.29) is 0 Å². The molecule has 13 heavy (non-hydrogen) atoms. The maximum Gasteiger partial charge on any atom is 0.191 e. The molecule has 0 radical (unpaired) electrons. The van der Waals surface area contributed by atoms with Gasteiger partial charge in [0.15, 0.2) is 11.7 Å². The highest BCUT2D eigenvalue weighted by molar-refractivity contribution is 7.15. The van der Waals surface area contributed by atoms with E-state index in [1.807, 2.05) is 20.8 Å². The van der Waals surface area contributed by atoms with Gasteiger partial charge in [-0.05, 0) is 13.8 Å². The number of hydrogen-bond donors (Lipinski definition) is 0. The van der Waals surface area contributed by atoms with Crippen LogP contribution in [0.2, 0.25) is 0 Å². The molecule has 2 aromatic heterocycles. The average molecular weight is 194 g/mol. The Labute approximate surface area is 80.5 Å². The smallest absolute Gasteiger partial charge is 0.191 e. The first-order valence-corrected chi connectivity index (χ1v) is 4.85. The van der Waals surface area contributed by atoms with Gasteiger partial charge in [0.2, 0.25) is 0 Å². The second-order valence-corrected chi connectivity index (χ2v) is 4.09. The molecule has 0 aliphatic rings. The SMILES string of the molecule is Cc1ncc(-c2sc(C)nc2C)o1. The Bertz CT molecular complexity index is 431. The quantitative estimate of drug-likeness (QED) is 0.700. The van der Waals surface area contributed by atoms with E-state index >= 15 is 0 Å². The Morgan fingerprint density at radius 1 is 1.31 bits per heavy atom. The highest BCUT2D eigenvalue weighted by Crippen LogP contribution is 2.29. The summed E-state index contributed by atoms with van der Waals surface area (Å²) in [6, 6.07) is 0. The fourth-order valence-electron chi connectivity index (χ4n) is 1.23. The zero-order valence-corrected chi connectivity index (χ0v) is 8.60. The van der Waals surface area contributed by atoms with Gasteiger partial charge in [0.1, 0.15) is 0 Å². The van der Waals surface area contributed by atoms with Crippen molar-refractivity contribution >= 4 is 11.3 Å². The Hall–Kier alpha value is -1.16. The monoisotopic (exact) mass is 194 g/mol. The lowest BCUT2D eigenvalue weighted by Gasteiger charge is -1.89. The third-order valence-electron chi connectivity index (χ3n) is 1.75. The molecule has 3 nitrogen and oxygen atoms in total. The van der Waals surface area contributed by atoms with E-state index in [2.05, 4.69) is 9.97 Å². The maximum absolute atomic E-state index is 5.42. The molecule has 68 valence electrons. The van der Waals surface area contributed by atoms with E-state index in [9.17, 15) is 0 Å². The fourth-order valence-corrected chi connectivity index (χ4v) is 2.09. The molecule has 0 aromatic carbocycles. The van der Waals surface area contributed by atoms with Crippen molar-refractivity contribution in [3.8, 4) is 10.6 Å². The highest BCUT2D eigenvalue weighted by Gasteiger charge is 2.10. The topological polar surface area (TPSA) is 38.9 Å². The molecule has 0 saturated carbocycles. The van der Waals surface area contributed by atoms with Crippen molar-refractivity contribution in [3.05, 3.63) is 22.8 Å². The highest BCUT2D eigenvalue weighted by atomic mass is 32.1. The van der Waals surface area contributed by atoms with Crippen LogP contribution in [0.15, 0.2) is 10.6 Å². The lowest BCUT2D eigenvalue weighted by atomic mass is 10.3. The summed E-state index contributed by atoms with van der Waals surface area (Å²) >= 11 is 1.64. The first-order chi connectivity index (χ1) is 6.16. The molecule has 0 amide bonds. The number of aryl methyl sites for hydroxylation is 3. The van der Waals surface area contributed by atoms with Crippen molar-refractivity contribution in [1.82, 2.24) is 9.97 Å². The summed E-state index contributed by atoms with van der Waals surface area (Å²) in [5.41, 5.74) is 1.01. The summed E-state index contributed by atoms with van der Waals surface area (Å²) < 4.78 is 5.42. The first kappa shape index (κ1) is 8.44. The van der Waals surface area contributed by atoms with Crippen molar-refractivity contribution in [3.63, 3.8) is 0 Å². The van der Waals surface area contributed by atoms with Gasteiger partial charge in [0, 0.05) is 6.92 Å². The minimum absolute atomic E-state index is 0.695. The molecule has 0 N–H and O–H groups in total. The predicted molar refractivity (Wildman–Crippen MR) is 51.8 cm³/mol. The molecule has 0 aliphatic heterocycles. The second kappa shape index (κ2) is 2.96. The zero-order valence-electron chi connectivity index (χ0n) is 7.79. The van der Waals surface area contributed by atoms with Crippen molar-refractivity contribution in [1.29, 1.82) is 0 Å². The summed E-state index contributed by atoms with van der Waals surface area (Å²) in [7, 11) is 0. The van der Waals surface area contributed by atoms with Crippen LogP contribution in [-0.4, -0.2) is 9.97 Å². The van der Waals surface area contributed by atoms with Gasteiger partial charge in [-0.15, -0.1) is 11.3 Å². The van der Waals surface area contributed by atoms with Crippen LogP contribution < -0.4 is 0 Å². The molecule has 0 fully saturated rings. The molecular formula is C9H10N2OS. The number of nitrogens with zero attached hydrogens (tertiary/aromatic N) is 2. The molecule has 0 unspecified atom stereocenters. The van der Waals surface area contributed by atoms with Gasteiger partial charge in [-0.3, -0.25) is 0 Å². The van der Waals surface area contributed by atoms with Gasteiger partial charge in [0.25, 0.3) is 0 Å². The number of aromatic nitrogens is 2. The first-order valence-electron chi connectivity index (χ1n) is 4.03. The van der Waals surface area contributed by atoms with E-state index in [0.717, 1.165) is 21.3 Å². The van der Waals surface area contributed by atoms with Crippen LogP contribution in [0, 0.1) is 20.8 Å². The normalized spacial score (nSPS) is 10.7. The summed E-state index contributed by atoms with van der Waals surface area (Å²) in [6.45, 7) is 5.81. The summed E-state index contributed by atoms with van der Waals surface area (Å²) in [6.07, 6.45) is 1.75. The minimum Gasteiger partial charge on any atom is -0.440 e. The molecular weight excluding hydrogens is 184 g/mol. The Morgan fingerprint density at radius 3 is 2.54 bits per heavy atom. The van der Waals surface area contributed by atoms with Gasteiger partial charge in [-0.1, -0.05) is 0 Å². The van der Waals surface area contributed by atoms with Crippen molar-refractivity contribution < 1.29 is 4.42 Å². The van der Waals surface area contributed by atoms with Crippen LogP contribution in [0.3, 0.4) is 0 Å². The van der Waals surface area contributed by atoms with Crippen molar-refractivity contribution in [2.24, 2.45) is 0 Å². The van der Waals surface area contributed by atoms with Gasteiger partial charge < -0.3 is 4.42 Å². The van der Waals surface area contributed by atoms with E-state index in [4.69, 9.17) is 4.42 Å². The van der Waals surface area contributed by atoms with Crippen molar-refractivity contribution in [2.45, 2.75) is 20.8 Å². The van der Waals surface area contributed by atoms with Crippen LogP contribution in [0.5, 0.6) is 0 Å². The van der Waals surface area contributed by atoms with E-state index in [0.29, 0.717) is 5.89 Å². The van der Waals surface area contributed by atoms with Crippen molar-refractivity contribution in [2.75, 3.05) is 0 Å².